The molecule has 0 aromatic rings. The zero-order valence-corrected chi connectivity index (χ0v) is 49.2. The zero-order valence-electron chi connectivity index (χ0n) is 45.8. The number of carbonyl (C=O) groups is 12. The number of aliphatic hydroxyl groups is 12. The van der Waals surface area contributed by atoms with Crippen molar-refractivity contribution in [3.8, 4) is 0 Å². The van der Waals surface area contributed by atoms with Gasteiger partial charge in [-0.2, -0.15) is 0 Å². The summed E-state index contributed by atoms with van der Waals surface area (Å²) in [6.45, 7) is -2.19. The van der Waals surface area contributed by atoms with Crippen LogP contribution in [0.2, 0.25) is 0 Å². The third-order valence-corrected chi connectivity index (χ3v) is 6.93. The average molecular weight is 1390 g/mol. The van der Waals surface area contributed by atoms with Crippen molar-refractivity contribution < 1.29 is 226 Å². The molecule has 0 aliphatic carbocycles. The summed E-state index contributed by atoms with van der Waals surface area (Å²) in [5.41, 5.74) is 19.9. The largest absolute Gasteiger partial charge is 0.457 e. The van der Waals surface area contributed by atoms with Crippen LogP contribution in [0.3, 0.4) is 0 Å². The zero-order chi connectivity index (χ0) is 61.6. The average Bonchev–Trinajstić information content (AvgIpc) is 3.40. The van der Waals surface area contributed by atoms with Gasteiger partial charge in [0.1, 0.15) is 0 Å². The minimum atomic E-state index is -1.58. The van der Waals surface area contributed by atoms with Gasteiger partial charge in [0.15, 0.2) is 77.0 Å². The van der Waals surface area contributed by atoms with Crippen LogP contribution in [0.25, 0.3) is 0 Å². The normalized spacial score (nSPS) is 9.04. The Balaban J connectivity index is -0.0000000655. The molecule has 51 N–H and O–H groups in total. The number of carbonyl (C=O) groups excluding carboxylic acids is 12. The molecule has 0 atom stereocenters. The molecular formula is C36H93Fe3N18O28+7. The smallest absolute Gasteiger partial charge is 0.275 e. The van der Waals surface area contributed by atoms with Gasteiger partial charge in [-0.1, -0.05) is 0 Å². The van der Waals surface area contributed by atoms with Crippen molar-refractivity contribution in [3.05, 3.63) is 0 Å². The number of aliphatic hydroxyl groups excluding tert-OH is 6. The predicted molar refractivity (Wildman–Crippen MR) is 268 cm³/mol. The van der Waals surface area contributed by atoms with Gasteiger partial charge >= 0.3 is 0 Å². The molecule has 0 fully saturated rings. The fourth-order valence-corrected chi connectivity index (χ4v) is 3.21. The van der Waals surface area contributed by atoms with Gasteiger partial charge in [0.2, 0.25) is 35.4 Å². The summed E-state index contributed by atoms with van der Waals surface area (Å²) in [5.74, 6) is -4.86. The van der Waals surface area contributed by atoms with Crippen LogP contribution in [-0.4, -0.2) is 304 Å². The molecule has 0 aliphatic rings. The second-order valence-electron chi connectivity index (χ2n) is 13.9. The minimum absolute atomic E-state index is 0. The fourth-order valence-electron chi connectivity index (χ4n) is 3.21. The van der Waals surface area contributed by atoms with Crippen molar-refractivity contribution in [1.82, 2.24) is 63.8 Å². The first-order chi connectivity index (χ1) is 36.3. The van der Waals surface area contributed by atoms with Gasteiger partial charge in [-0.3, -0.25) is 57.5 Å². The standard InChI is InChI=1S/6C6H13N3O4.3Fe.4H2O/c6*7-1-4(10)8-2-5(11)9-3-6(12)13;;;;;;;/h6*6,12-13H,1-3,7H2,(H,8,10)(H,9,11);;;;4*1H2/p+7. The third kappa shape index (κ3) is 104. The number of amides is 12. The van der Waals surface area contributed by atoms with Crippen molar-refractivity contribution in [2.45, 2.75) is 37.7 Å². The van der Waals surface area contributed by atoms with E-state index in [1.807, 2.05) is 0 Å². The molecule has 0 spiro atoms. The quantitative estimate of drug-likeness (QED) is 0.0180. The summed E-state index contributed by atoms with van der Waals surface area (Å²) in [6.07, 6.45) is -9.46. The Kier molecular flexibility index (Phi) is 99.3. The van der Waals surface area contributed by atoms with E-state index in [9.17, 15) is 57.5 Å². The van der Waals surface area contributed by atoms with Crippen molar-refractivity contribution in [1.29, 1.82) is 0 Å². The molecule has 0 radical (unpaired) electrons. The maximum Gasteiger partial charge on any atom is 0.275 e. The van der Waals surface area contributed by atoms with Gasteiger partial charge in [-0.15, -0.1) is 0 Å². The van der Waals surface area contributed by atoms with Crippen molar-refractivity contribution in [2.75, 3.05) is 118 Å². The Bertz CT molecular complexity index is 1430. The van der Waals surface area contributed by atoms with Crippen LogP contribution in [0.4, 0.5) is 0 Å². The van der Waals surface area contributed by atoms with Crippen molar-refractivity contribution in [3.63, 3.8) is 0 Å². The Labute approximate surface area is 514 Å². The second-order valence-corrected chi connectivity index (χ2v) is 13.9. The Morgan fingerprint density at radius 3 is 0.388 bits per heavy atom. The van der Waals surface area contributed by atoms with Gasteiger partial charge in [-0.25, -0.2) is 0 Å². The van der Waals surface area contributed by atoms with Gasteiger partial charge in [0.05, 0.1) is 78.5 Å². The number of rotatable bonds is 30. The molecule has 0 aromatic heterocycles. The Morgan fingerprint density at radius 2 is 0.318 bits per heavy atom. The van der Waals surface area contributed by atoms with Crippen LogP contribution in [0.1, 0.15) is 0 Å². The monoisotopic (exact) mass is 1390 g/mol. The summed E-state index contributed by atoms with van der Waals surface area (Å²) in [4.78, 5) is 128. The molecule has 12 amide bonds. The number of quaternary nitrogens is 6. The first kappa shape index (κ1) is 111. The molecular weight excluding hydrogens is 1300 g/mol. The maximum absolute atomic E-state index is 10.8. The van der Waals surface area contributed by atoms with E-state index < -0.39 is 73.2 Å². The van der Waals surface area contributed by atoms with Crippen LogP contribution in [0.5, 0.6) is 0 Å². The molecule has 0 aliphatic heterocycles. The van der Waals surface area contributed by atoms with E-state index in [0.29, 0.717) is 0 Å². The van der Waals surface area contributed by atoms with Crippen LogP contribution < -0.4 is 98.2 Å². The predicted octanol–water partition coefficient (Wildman–Crippen LogP) is -28.8. The molecule has 0 rings (SSSR count). The number of hydrogen-bond acceptors (Lipinski definition) is 24. The third-order valence-electron chi connectivity index (χ3n) is 6.93. The summed E-state index contributed by atoms with van der Waals surface area (Å²) < 4.78 is 0. The Morgan fingerprint density at radius 1 is 0.224 bits per heavy atom. The molecule has 0 saturated carbocycles. The summed E-state index contributed by atoms with van der Waals surface area (Å²) in [5, 5.41) is 127. The summed E-state index contributed by atoms with van der Waals surface area (Å²) in [7, 11) is 0. The van der Waals surface area contributed by atoms with E-state index >= 15 is 0 Å². The molecule has 0 saturated heterocycles. The molecule has 0 unspecified atom stereocenters. The minimum Gasteiger partial charge on any atom is -0.457 e. The van der Waals surface area contributed by atoms with E-state index in [1.54, 1.807) is 0 Å². The van der Waals surface area contributed by atoms with Gasteiger partial charge in [0, 0.05) is 51.2 Å². The van der Waals surface area contributed by atoms with Gasteiger partial charge in [0.25, 0.3) is 35.4 Å². The topological polar surface area (TPSA) is 885 Å². The summed E-state index contributed by atoms with van der Waals surface area (Å²) >= 11 is 0. The van der Waals surface area contributed by atoms with Crippen LogP contribution >= 0.6 is 0 Å². The van der Waals surface area contributed by atoms with E-state index in [4.69, 9.17) is 61.3 Å². The SMILES string of the molecule is O.O.O.[Fe].[Fe].[Fe].[NH3+]CC(=O)NCC(=O)NCC(O)O.[NH3+]CC(=O)NCC(=O)NCC(O)O.[NH3+]CC(=O)NCC(=O)NCC(O)O.[NH3+]CC(=O)NCC(=O)NCC(O)O.[NH3+]CC(=O)NCC(=O)NCC(O)O.[NH3+]CC(=O)NCC(=O)NCC(O)O.[OH3+]. The molecule has 0 bridgehead atoms. The first-order valence-corrected chi connectivity index (χ1v) is 22.5. The van der Waals surface area contributed by atoms with E-state index in [1.165, 1.54) is 0 Å². The number of hydrogen-bond donors (Lipinski definition) is 30. The Hall–Kier alpha value is -5.68. The molecule has 49 heteroatoms. The second kappa shape index (κ2) is 76.3. The van der Waals surface area contributed by atoms with E-state index in [2.05, 4.69) is 98.2 Å². The number of nitrogens with one attached hydrogen (secondary N) is 12. The molecule has 46 nitrogen and oxygen atoms in total. The van der Waals surface area contributed by atoms with Crippen LogP contribution in [0, 0.1) is 0 Å². The van der Waals surface area contributed by atoms with Crippen LogP contribution in [0.15, 0.2) is 0 Å². The van der Waals surface area contributed by atoms with E-state index in [0.717, 1.165) is 0 Å². The van der Waals surface area contributed by atoms with Gasteiger partial charge in [-0.05, 0) is 0 Å². The fraction of sp³-hybridized carbons (Fsp3) is 0.667. The molecule has 512 valence electrons. The van der Waals surface area contributed by atoms with Crippen molar-refractivity contribution >= 4 is 70.9 Å². The van der Waals surface area contributed by atoms with E-state index in [-0.39, 0.29) is 226 Å². The van der Waals surface area contributed by atoms with Crippen molar-refractivity contribution in [2.24, 2.45) is 0 Å². The molecule has 0 heterocycles. The summed E-state index contributed by atoms with van der Waals surface area (Å²) in [6, 6.07) is 0. The van der Waals surface area contributed by atoms with Crippen LogP contribution in [-0.2, 0) is 114 Å². The maximum atomic E-state index is 10.8. The molecule has 85 heavy (non-hydrogen) atoms. The van der Waals surface area contributed by atoms with Gasteiger partial charge < -0.3 is 181 Å². The first-order valence-electron chi connectivity index (χ1n) is 22.5. The molecule has 0 aromatic carbocycles.